The van der Waals surface area contributed by atoms with Gasteiger partial charge in [-0.1, -0.05) is 55.4 Å². The van der Waals surface area contributed by atoms with Crippen LogP contribution in [-0.4, -0.2) is 28.4 Å². The molecule has 3 atom stereocenters. The van der Waals surface area contributed by atoms with Gasteiger partial charge in [-0.05, 0) is 58.7 Å². The molecule has 5 heteroatoms. The normalized spacial score (nSPS) is 12.7. The van der Waals surface area contributed by atoms with E-state index in [1.165, 1.54) is 6.16 Å². The van der Waals surface area contributed by atoms with Crippen molar-refractivity contribution in [2.45, 2.75) is 81.6 Å². The molecule has 3 unspecified atom stereocenters. The molecule has 0 bridgehead atoms. The molecule has 0 aliphatic heterocycles. The van der Waals surface area contributed by atoms with Gasteiger partial charge >= 0.3 is 0 Å². The lowest BCUT2D eigenvalue weighted by atomic mass is 9.92. The summed E-state index contributed by atoms with van der Waals surface area (Å²) in [6.07, 6.45) is 6.43. The predicted octanol–water partition coefficient (Wildman–Crippen LogP) is 6.80. The Morgan fingerprint density at radius 3 is 2.23 bits per heavy atom. The van der Waals surface area contributed by atoms with Crippen LogP contribution in [0, 0.1) is 18.8 Å². The summed E-state index contributed by atoms with van der Waals surface area (Å²) in [7, 11) is 0.797. The number of thiol groups is 1. The van der Waals surface area contributed by atoms with Crippen LogP contribution in [0.4, 0.5) is 5.82 Å². The third kappa shape index (κ3) is 10.7. The molecular formula is C21H44N3PS. The Labute approximate surface area is 171 Å². The fourth-order valence-electron chi connectivity index (χ4n) is 2.36. The third-order valence-corrected chi connectivity index (χ3v) is 5.94. The minimum absolute atomic E-state index is 0.651. The van der Waals surface area contributed by atoms with Crippen LogP contribution < -0.4 is 4.67 Å². The molecule has 0 aliphatic carbocycles. The third-order valence-electron chi connectivity index (χ3n) is 4.21. The second-order valence-corrected chi connectivity index (χ2v) is 8.03. The van der Waals surface area contributed by atoms with Gasteiger partial charge in [0.25, 0.3) is 0 Å². The molecule has 0 spiro atoms. The van der Waals surface area contributed by atoms with Crippen molar-refractivity contribution in [3.63, 3.8) is 0 Å². The Morgan fingerprint density at radius 1 is 1.12 bits per heavy atom. The lowest BCUT2D eigenvalue weighted by Crippen LogP contribution is -2.17. The average molecular weight is 402 g/mol. The van der Waals surface area contributed by atoms with Crippen molar-refractivity contribution in [2.24, 2.45) is 11.8 Å². The summed E-state index contributed by atoms with van der Waals surface area (Å²) in [6, 6.07) is 0. The van der Waals surface area contributed by atoms with Crippen LogP contribution in [0.3, 0.4) is 0 Å². The first kappa shape index (κ1) is 27.9. The maximum Gasteiger partial charge on any atom is 0.150 e. The van der Waals surface area contributed by atoms with E-state index in [9.17, 15) is 0 Å². The zero-order valence-electron chi connectivity index (χ0n) is 18.8. The monoisotopic (exact) mass is 401 g/mol. The molecule has 0 fully saturated rings. The molecule has 1 heterocycles. The van der Waals surface area contributed by atoms with Crippen molar-refractivity contribution < 1.29 is 0 Å². The summed E-state index contributed by atoms with van der Waals surface area (Å²) >= 11 is 4.41. The molecule has 0 radical (unpaired) electrons. The SMILES string of the molecule is CC.CC.CCCN(PCC)c1cnc(C)c(CCC(C)C(C)CS)n1. The van der Waals surface area contributed by atoms with E-state index < -0.39 is 0 Å². The van der Waals surface area contributed by atoms with Crippen LogP contribution in [-0.2, 0) is 6.42 Å². The number of hydrogen-bond acceptors (Lipinski definition) is 4. The summed E-state index contributed by atoms with van der Waals surface area (Å²) in [5, 5.41) is 0. The Morgan fingerprint density at radius 2 is 1.73 bits per heavy atom. The van der Waals surface area contributed by atoms with Gasteiger partial charge in [0.2, 0.25) is 0 Å². The van der Waals surface area contributed by atoms with Gasteiger partial charge in [0, 0.05) is 6.54 Å². The summed E-state index contributed by atoms with van der Waals surface area (Å²) in [6.45, 7) is 20.2. The first-order valence-corrected chi connectivity index (χ1v) is 12.3. The fourth-order valence-corrected chi connectivity index (χ4v) is 3.75. The lowest BCUT2D eigenvalue weighted by Gasteiger charge is -2.23. The first-order valence-electron chi connectivity index (χ1n) is 10.5. The second kappa shape index (κ2) is 18.0. The van der Waals surface area contributed by atoms with Gasteiger partial charge in [-0.2, -0.15) is 12.6 Å². The summed E-state index contributed by atoms with van der Waals surface area (Å²) in [4.78, 5) is 9.51. The van der Waals surface area contributed by atoms with E-state index in [2.05, 4.69) is 56.9 Å². The molecule has 3 nitrogen and oxygen atoms in total. The van der Waals surface area contributed by atoms with Crippen LogP contribution in [0.1, 0.15) is 79.6 Å². The first-order chi connectivity index (χ1) is 12.5. The number of hydrogen-bond donors (Lipinski definition) is 1. The number of nitrogens with zero attached hydrogens (tertiary/aromatic N) is 3. The van der Waals surface area contributed by atoms with Gasteiger partial charge in [0.15, 0.2) is 0 Å². The molecule has 1 rings (SSSR count). The smallest absolute Gasteiger partial charge is 0.150 e. The number of aryl methyl sites for hydroxylation is 2. The molecule has 0 N–H and O–H groups in total. The van der Waals surface area contributed by atoms with Crippen molar-refractivity contribution >= 4 is 27.2 Å². The highest BCUT2D eigenvalue weighted by Crippen LogP contribution is 2.26. The molecule has 1 aromatic heterocycles. The molecule has 154 valence electrons. The lowest BCUT2D eigenvalue weighted by molar-refractivity contribution is 0.397. The molecule has 1 aromatic rings. The quantitative estimate of drug-likeness (QED) is 0.345. The second-order valence-electron chi connectivity index (χ2n) is 6.10. The Hall–Kier alpha value is -0.340. The predicted molar refractivity (Wildman–Crippen MR) is 126 cm³/mol. The Kier molecular flexibility index (Phi) is 19.3. The summed E-state index contributed by atoms with van der Waals surface area (Å²) in [5.41, 5.74) is 2.24. The number of anilines is 1. The van der Waals surface area contributed by atoms with Gasteiger partial charge < -0.3 is 4.67 Å². The van der Waals surface area contributed by atoms with Crippen molar-refractivity contribution in [1.29, 1.82) is 0 Å². The van der Waals surface area contributed by atoms with E-state index in [0.29, 0.717) is 11.8 Å². The standard InChI is InChI=1S/C17H32N3PS.2C2H6/c1-6-10-20(21-7-2)17-11-18-15(5)16(19-17)9-8-13(3)14(4)12-22;2*1-2/h11,13-14,21-22H,6-10,12H2,1-5H3;2*1-2H3. The topological polar surface area (TPSA) is 29.0 Å². The van der Waals surface area contributed by atoms with Gasteiger partial charge in [-0.3, -0.25) is 4.98 Å². The molecular weight excluding hydrogens is 357 g/mol. The van der Waals surface area contributed by atoms with Crippen LogP contribution in [0.15, 0.2) is 6.20 Å². The van der Waals surface area contributed by atoms with Crippen molar-refractivity contribution in [3.05, 3.63) is 17.6 Å². The minimum Gasteiger partial charge on any atom is -0.337 e. The zero-order valence-corrected chi connectivity index (χ0v) is 20.7. The van der Waals surface area contributed by atoms with E-state index in [1.54, 1.807) is 0 Å². The maximum atomic E-state index is 4.92. The highest BCUT2D eigenvalue weighted by molar-refractivity contribution is 7.80. The van der Waals surface area contributed by atoms with Crippen molar-refractivity contribution in [3.8, 4) is 0 Å². The summed E-state index contributed by atoms with van der Waals surface area (Å²) < 4.78 is 2.38. The van der Waals surface area contributed by atoms with Crippen LogP contribution in [0.5, 0.6) is 0 Å². The Bertz CT molecular complexity index is 437. The van der Waals surface area contributed by atoms with E-state index in [0.717, 1.165) is 57.5 Å². The largest absolute Gasteiger partial charge is 0.337 e. The Balaban J connectivity index is 0. The van der Waals surface area contributed by atoms with E-state index in [-0.39, 0.29) is 0 Å². The van der Waals surface area contributed by atoms with Crippen molar-refractivity contribution in [1.82, 2.24) is 9.97 Å². The van der Waals surface area contributed by atoms with Crippen LogP contribution in [0.25, 0.3) is 0 Å². The summed E-state index contributed by atoms with van der Waals surface area (Å²) in [5.74, 6) is 3.33. The zero-order chi connectivity index (χ0) is 20.5. The van der Waals surface area contributed by atoms with E-state index in [1.807, 2.05) is 33.9 Å². The van der Waals surface area contributed by atoms with Gasteiger partial charge in [0.05, 0.1) is 17.6 Å². The van der Waals surface area contributed by atoms with E-state index in [4.69, 9.17) is 4.98 Å². The van der Waals surface area contributed by atoms with Crippen LogP contribution in [0.2, 0.25) is 0 Å². The fraction of sp³-hybridized carbons (Fsp3) is 0.810. The van der Waals surface area contributed by atoms with Gasteiger partial charge in [0.1, 0.15) is 5.82 Å². The molecule has 26 heavy (non-hydrogen) atoms. The highest BCUT2D eigenvalue weighted by atomic mass is 32.1. The molecule has 0 aromatic carbocycles. The molecule has 0 saturated carbocycles. The van der Waals surface area contributed by atoms with Gasteiger partial charge in [-0.15, -0.1) is 0 Å². The maximum absolute atomic E-state index is 4.92. The minimum atomic E-state index is 0.651. The van der Waals surface area contributed by atoms with Gasteiger partial charge in [-0.25, -0.2) is 4.98 Å². The van der Waals surface area contributed by atoms with Crippen molar-refractivity contribution in [2.75, 3.05) is 23.1 Å². The van der Waals surface area contributed by atoms with E-state index >= 15 is 0 Å². The molecule has 0 aliphatic rings. The number of aromatic nitrogens is 2. The number of rotatable bonds is 10. The van der Waals surface area contributed by atoms with Crippen LogP contribution >= 0.6 is 21.4 Å². The highest BCUT2D eigenvalue weighted by Gasteiger charge is 2.14. The molecule has 0 amide bonds. The average Bonchev–Trinajstić information content (AvgIpc) is 2.69. The molecule has 0 saturated heterocycles.